The molecule has 0 amide bonds. The summed E-state index contributed by atoms with van der Waals surface area (Å²) in [6.45, 7) is 8.88. The van der Waals surface area contributed by atoms with E-state index in [0.717, 1.165) is 12.0 Å². The highest BCUT2D eigenvalue weighted by Crippen LogP contribution is 2.45. The van der Waals surface area contributed by atoms with E-state index in [0.29, 0.717) is 17.1 Å². The zero-order chi connectivity index (χ0) is 11.2. The summed E-state index contributed by atoms with van der Waals surface area (Å²) in [4.78, 5) is 0. The summed E-state index contributed by atoms with van der Waals surface area (Å²) in [5, 5.41) is 9.76. The Hall–Kier alpha value is -0.980. The van der Waals surface area contributed by atoms with E-state index in [-0.39, 0.29) is 0 Å². The molecule has 1 aliphatic rings. The van der Waals surface area contributed by atoms with Gasteiger partial charge >= 0.3 is 0 Å². The van der Waals surface area contributed by atoms with Crippen LogP contribution in [-0.4, -0.2) is 5.11 Å². The van der Waals surface area contributed by atoms with Crippen LogP contribution in [-0.2, 0) is 6.42 Å². The summed E-state index contributed by atoms with van der Waals surface area (Å²) in [5.41, 5.74) is 4.13. The van der Waals surface area contributed by atoms with Crippen molar-refractivity contribution in [3.8, 4) is 5.75 Å². The predicted molar refractivity (Wildman–Crippen MR) is 63.4 cm³/mol. The Morgan fingerprint density at radius 2 is 2.00 bits per heavy atom. The first-order valence-corrected chi connectivity index (χ1v) is 5.74. The van der Waals surface area contributed by atoms with E-state index in [4.69, 9.17) is 0 Å². The molecule has 1 aromatic rings. The van der Waals surface area contributed by atoms with Crippen molar-refractivity contribution >= 4 is 0 Å². The minimum Gasteiger partial charge on any atom is -0.508 e. The van der Waals surface area contributed by atoms with Gasteiger partial charge in [0.1, 0.15) is 5.75 Å². The number of aryl methyl sites for hydroxylation is 2. The molecule has 1 N–H and O–H groups in total. The topological polar surface area (TPSA) is 20.2 Å². The Bertz CT molecular complexity index is 391. The van der Waals surface area contributed by atoms with Crippen LogP contribution in [0.4, 0.5) is 0 Å². The summed E-state index contributed by atoms with van der Waals surface area (Å²) in [6.07, 6.45) is 2.39. The first kappa shape index (κ1) is 10.5. The maximum atomic E-state index is 9.76. The Labute approximate surface area is 92.1 Å². The number of hydrogen-bond donors (Lipinski definition) is 1. The van der Waals surface area contributed by atoms with Crippen molar-refractivity contribution in [1.29, 1.82) is 0 Å². The van der Waals surface area contributed by atoms with Crippen LogP contribution in [0.5, 0.6) is 5.75 Å². The molecule has 15 heavy (non-hydrogen) atoms. The molecule has 1 unspecified atom stereocenters. The van der Waals surface area contributed by atoms with Crippen LogP contribution in [0.2, 0.25) is 0 Å². The Kier molecular flexibility index (Phi) is 2.29. The average Bonchev–Trinajstić information content (AvgIpc) is 2.16. The van der Waals surface area contributed by atoms with Crippen molar-refractivity contribution in [2.75, 3.05) is 0 Å². The molecule has 1 atom stereocenters. The number of fused-ring (bicyclic) bond motifs is 1. The van der Waals surface area contributed by atoms with Crippen LogP contribution in [0.3, 0.4) is 0 Å². The Morgan fingerprint density at radius 1 is 1.33 bits per heavy atom. The minimum atomic E-state index is 0.356. The van der Waals surface area contributed by atoms with Crippen LogP contribution in [0, 0.1) is 12.3 Å². The molecule has 0 saturated heterocycles. The van der Waals surface area contributed by atoms with Crippen molar-refractivity contribution in [2.24, 2.45) is 5.41 Å². The third-order valence-corrected chi connectivity index (χ3v) is 4.14. The standard InChI is InChI=1S/C14H20O/c1-9-7-11-5-6-14(3,4)10(2)12(11)8-13(9)15/h7-8,10,15H,5-6H2,1-4H3. The third kappa shape index (κ3) is 1.64. The molecule has 0 saturated carbocycles. The van der Waals surface area contributed by atoms with E-state index in [1.54, 1.807) is 0 Å². The SMILES string of the molecule is Cc1cc2c(cc1O)C(C)C(C)(C)CC2. The second-order valence-electron chi connectivity index (χ2n) is 5.55. The molecule has 1 nitrogen and oxygen atoms in total. The van der Waals surface area contributed by atoms with Crippen LogP contribution >= 0.6 is 0 Å². The summed E-state index contributed by atoms with van der Waals surface area (Å²) in [7, 11) is 0. The van der Waals surface area contributed by atoms with Gasteiger partial charge in [-0.1, -0.05) is 26.8 Å². The fourth-order valence-corrected chi connectivity index (χ4v) is 2.49. The van der Waals surface area contributed by atoms with Crippen LogP contribution in [0.25, 0.3) is 0 Å². The quantitative estimate of drug-likeness (QED) is 0.682. The molecule has 82 valence electrons. The van der Waals surface area contributed by atoms with Gasteiger partial charge in [0.25, 0.3) is 0 Å². The van der Waals surface area contributed by atoms with Gasteiger partial charge in [-0.2, -0.15) is 0 Å². The third-order valence-electron chi connectivity index (χ3n) is 4.14. The van der Waals surface area contributed by atoms with Gasteiger partial charge in [0.2, 0.25) is 0 Å². The van der Waals surface area contributed by atoms with Gasteiger partial charge in [-0.05, 0) is 53.9 Å². The van der Waals surface area contributed by atoms with Gasteiger partial charge in [-0.15, -0.1) is 0 Å². The average molecular weight is 204 g/mol. The molecule has 0 aliphatic heterocycles. The highest BCUT2D eigenvalue weighted by atomic mass is 16.3. The molecule has 0 aromatic heterocycles. The Balaban J connectivity index is 2.52. The van der Waals surface area contributed by atoms with E-state index in [9.17, 15) is 5.11 Å². The molecule has 0 spiro atoms. The van der Waals surface area contributed by atoms with Gasteiger partial charge in [-0.25, -0.2) is 0 Å². The van der Waals surface area contributed by atoms with Crippen LogP contribution < -0.4 is 0 Å². The number of phenols is 1. The Morgan fingerprint density at radius 3 is 2.67 bits per heavy atom. The first-order valence-electron chi connectivity index (χ1n) is 5.74. The minimum absolute atomic E-state index is 0.356. The van der Waals surface area contributed by atoms with Crippen molar-refractivity contribution in [2.45, 2.75) is 46.5 Å². The predicted octanol–water partition coefficient (Wildman–Crippen LogP) is 3.78. The van der Waals surface area contributed by atoms with E-state index in [1.165, 1.54) is 17.5 Å². The smallest absolute Gasteiger partial charge is 0.118 e. The lowest BCUT2D eigenvalue weighted by molar-refractivity contribution is 0.258. The van der Waals surface area contributed by atoms with Crippen molar-refractivity contribution in [1.82, 2.24) is 0 Å². The van der Waals surface area contributed by atoms with Gasteiger partial charge in [-0.3, -0.25) is 0 Å². The maximum absolute atomic E-state index is 9.76. The lowest BCUT2D eigenvalue weighted by Crippen LogP contribution is -2.26. The van der Waals surface area contributed by atoms with Gasteiger partial charge in [0.05, 0.1) is 0 Å². The molecule has 2 rings (SSSR count). The molecule has 1 heteroatoms. The molecule has 0 heterocycles. The molecule has 0 bridgehead atoms. The van der Waals surface area contributed by atoms with E-state index < -0.39 is 0 Å². The lowest BCUT2D eigenvalue weighted by Gasteiger charge is -2.38. The fraction of sp³-hybridized carbons (Fsp3) is 0.571. The van der Waals surface area contributed by atoms with E-state index in [2.05, 4.69) is 26.8 Å². The zero-order valence-electron chi connectivity index (χ0n) is 10.1. The monoisotopic (exact) mass is 204 g/mol. The molecule has 1 aliphatic carbocycles. The number of aromatic hydroxyl groups is 1. The summed E-state index contributed by atoms with van der Waals surface area (Å²) in [6, 6.07) is 4.12. The van der Waals surface area contributed by atoms with E-state index in [1.807, 2.05) is 13.0 Å². The summed E-state index contributed by atoms with van der Waals surface area (Å²) in [5.74, 6) is 0.978. The van der Waals surface area contributed by atoms with Crippen molar-refractivity contribution in [3.05, 3.63) is 28.8 Å². The highest BCUT2D eigenvalue weighted by molar-refractivity contribution is 5.44. The maximum Gasteiger partial charge on any atom is 0.118 e. The zero-order valence-corrected chi connectivity index (χ0v) is 10.1. The second-order valence-corrected chi connectivity index (χ2v) is 5.55. The van der Waals surface area contributed by atoms with Gasteiger partial charge in [0, 0.05) is 0 Å². The summed E-state index contributed by atoms with van der Waals surface area (Å²) < 4.78 is 0. The van der Waals surface area contributed by atoms with Crippen LogP contribution in [0.15, 0.2) is 12.1 Å². The van der Waals surface area contributed by atoms with Gasteiger partial charge < -0.3 is 5.11 Å². The van der Waals surface area contributed by atoms with Crippen molar-refractivity contribution in [3.63, 3.8) is 0 Å². The molecule has 1 aromatic carbocycles. The highest BCUT2D eigenvalue weighted by Gasteiger charge is 2.32. The normalized spacial score (nSPS) is 23.6. The van der Waals surface area contributed by atoms with Crippen molar-refractivity contribution < 1.29 is 5.11 Å². The lowest BCUT2D eigenvalue weighted by atomic mass is 9.67. The van der Waals surface area contributed by atoms with E-state index >= 15 is 0 Å². The number of rotatable bonds is 0. The first-order chi connectivity index (χ1) is 6.92. The molecular weight excluding hydrogens is 184 g/mol. The number of hydrogen-bond acceptors (Lipinski definition) is 1. The largest absolute Gasteiger partial charge is 0.508 e. The van der Waals surface area contributed by atoms with Crippen LogP contribution in [0.1, 0.15) is 49.8 Å². The van der Waals surface area contributed by atoms with Gasteiger partial charge in [0.15, 0.2) is 0 Å². The molecular formula is C14H20O. The second kappa shape index (κ2) is 3.26. The number of benzene rings is 1. The molecule has 0 fully saturated rings. The summed E-state index contributed by atoms with van der Waals surface area (Å²) >= 11 is 0. The molecule has 0 radical (unpaired) electrons. The number of phenolic OH excluding ortho intramolecular Hbond substituents is 1. The fourth-order valence-electron chi connectivity index (χ4n) is 2.49.